The molecule has 2 rings (SSSR count). The third-order valence-corrected chi connectivity index (χ3v) is 2.35. The van der Waals surface area contributed by atoms with Crippen molar-refractivity contribution in [3.8, 4) is 0 Å². The van der Waals surface area contributed by atoms with Gasteiger partial charge < -0.3 is 0 Å². The Hall–Kier alpha value is -0.300. The zero-order valence-corrected chi connectivity index (χ0v) is 4.96. The highest BCUT2D eigenvalue weighted by atomic mass is 32.1. The summed E-state index contributed by atoms with van der Waals surface area (Å²) >= 11 is 1.81. The molecule has 1 aromatic heterocycles. The van der Waals surface area contributed by atoms with Gasteiger partial charge in [-0.1, -0.05) is 6.92 Å². The summed E-state index contributed by atoms with van der Waals surface area (Å²) in [6, 6.07) is 0. The Morgan fingerprint density at radius 1 is 1.43 bits per heavy atom. The van der Waals surface area contributed by atoms with Gasteiger partial charge in [0.1, 0.15) is 0 Å². The van der Waals surface area contributed by atoms with Crippen LogP contribution >= 0.6 is 11.3 Å². The molecule has 0 radical (unpaired) electrons. The minimum atomic E-state index is 0.821. The zero-order chi connectivity index (χ0) is 4.85. The van der Waals surface area contributed by atoms with Gasteiger partial charge in [-0.15, -0.1) is 0 Å². The summed E-state index contributed by atoms with van der Waals surface area (Å²) in [5.74, 6) is 0.821. The summed E-state index contributed by atoms with van der Waals surface area (Å²) in [5, 5.41) is 4.47. The Balaban J connectivity index is 2.60. The van der Waals surface area contributed by atoms with Crippen LogP contribution in [0.3, 0.4) is 0 Å². The average molecular weight is 110 g/mol. The predicted molar refractivity (Wildman–Crippen MR) is 31.8 cm³/mol. The van der Waals surface area contributed by atoms with E-state index in [2.05, 4.69) is 17.7 Å². The van der Waals surface area contributed by atoms with E-state index in [-0.39, 0.29) is 0 Å². The van der Waals surface area contributed by atoms with Crippen molar-refractivity contribution in [3.05, 3.63) is 21.9 Å². The molecule has 0 atom stereocenters. The first-order valence-corrected chi connectivity index (χ1v) is 3.40. The summed E-state index contributed by atoms with van der Waals surface area (Å²) in [5.41, 5.74) is 3.15. The number of rotatable bonds is 0. The molecule has 1 aliphatic carbocycles. The third-order valence-electron chi connectivity index (χ3n) is 1.57. The van der Waals surface area contributed by atoms with Crippen molar-refractivity contribution in [1.82, 2.24) is 0 Å². The van der Waals surface area contributed by atoms with Crippen molar-refractivity contribution >= 4 is 11.3 Å². The van der Waals surface area contributed by atoms with Crippen LogP contribution in [-0.4, -0.2) is 0 Å². The number of hydrogen-bond donors (Lipinski definition) is 0. The van der Waals surface area contributed by atoms with Crippen LogP contribution in [0.2, 0.25) is 0 Å². The van der Waals surface area contributed by atoms with Crippen LogP contribution in [0.4, 0.5) is 0 Å². The van der Waals surface area contributed by atoms with Gasteiger partial charge in [0.15, 0.2) is 0 Å². The SMILES string of the molecule is CC1c2cscc21. The second kappa shape index (κ2) is 0.920. The molecule has 0 saturated heterocycles. The fourth-order valence-corrected chi connectivity index (χ4v) is 1.94. The highest BCUT2D eigenvalue weighted by Crippen LogP contribution is 2.44. The van der Waals surface area contributed by atoms with Gasteiger partial charge in [-0.05, 0) is 21.9 Å². The Labute approximate surface area is 46.8 Å². The molecule has 0 saturated carbocycles. The third kappa shape index (κ3) is 0.317. The molecule has 1 aliphatic rings. The van der Waals surface area contributed by atoms with Crippen LogP contribution in [0.15, 0.2) is 10.8 Å². The molecule has 0 aliphatic heterocycles. The van der Waals surface area contributed by atoms with Crippen molar-refractivity contribution < 1.29 is 0 Å². The van der Waals surface area contributed by atoms with Crippen LogP contribution in [0.25, 0.3) is 0 Å². The monoisotopic (exact) mass is 110 g/mol. The van der Waals surface area contributed by atoms with E-state index in [1.165, 1.54) is 0 Å². The summed E-state index contributed by atoms with van der Waals surface area (Å²) in [7, 11) is 0. The van der Waals surface area contributed by atoms with Crippen LogP contribution in [-0.2, 0) is 0 Å². The van der Waals surface area contributed by atoms with Crippen LogP contribution < -0.4 is 0 Å². The van der Waals surface area contributed by atoms with Gasteiger partial charge in [0.05, 0.1) is 0 Å². The average Bonchev–Trinajstić information content (AvgIpc) is 2.26. The Bertz CT molecular complexity index is 169. The fraction of sp³-hybridized carbons (Fsp3) is 0.333. The fourth-order valence-electron chi connectivity index (χ4n) is 0.902. The lowest BCUT2D eigenvalue weighted by Gasteiger charge is -1.73. The van der Waals surface area contributed by atoms with Crippen LogP contribution in [0.5, 0.6) is 0 Å². The van der Waals surface area contributed by atoms with Gasteiger partial charge in [0.25, 0.3) is 0 Å². The topological polar surface area (TPSA) is 0 Å². The summed E-state index contributed by atoms with van der Waals surface area (Å²) in [6.45, 7) is 2.25. The summed E-state index contributed by atoms with van der Waals surface area (Å²) in [6.07, 6.45) is 0. The first-order chi connectivity index (χ1) is 3.39. The predicted octanol–water partition coefficient (Wildman–Crippen LogP) is 2.21. The molecule has 0 nitrogen and oxygen atoms in total. The lowest BCUT2D eigenvalue weighted by molar-refractivity contribution is 1.14. The van der Waals surface area contributed by atoms with E-state index in [1.807, 2.05) is 11.3 Å². The maximum absolute atomic E-state index is 2.25. The molecule has 0 spiro atoms. The zero-order valence-electron chi connectivity index (χ0n) is 4.14. The molecule has 0 aromatic carbocycles. The molecule has 0 unspecified atom stereocenters. The lowest BCUT2D eigenvalue weighted by atomic mass is 10.4. The smallest absolute Gasteiger partial charge is 0.00833 e. The molecule has 36 valence electrons. The summed E-state index contributed by atoms with van der Waals surface area (Å²) < 4.78 is 0. The Morgan fingerprint density at radius 3 is 2.29 bits per heavy atom. The van der Waals surface area contributed by atoms with E-state index in [0.717, 1.165) is 5.92 Å². The molecule has 1 heteroatoms. The maximum Gasteiger partial charge on any atom is 0.00833 e. The van der Waals surface area contributed by atoms with E-state index >= 15 is 0 Å². The number of fused-ring (bicyclic) bond motifs is 1. The standard InChI is InChI=1S/C6H6S/c1-4-5-2-7-3-6(4)5/h2-4H,1H3. The van der Waals surface area contributed by atoms with Gasteiger partial charge in [-0.3, -0.25) is 0 Å². The first kappa shape index (κ1) is 3.67. The van der Waals surface area contributed by atoms with Crippen molar-refractivity contribution in [3.63, 3.8) is 0 Å². The first-order valence-electron chi connectivity index (χ1n) is 2.45. The van der Waals surface area contributed by atoms with Crippen molar-refractivity contribution in [2.75, 3.05) is 0 Å². The highest BCUT2D eigenvalue weighted by Gasteiger charge is 2.27. The molecular weight excluding hydrogens is 104 g/mol. The minimum Gasteiger partial charge on any atom is -0.152 e. The van der Waals surface area contributed by atoms with Gasteiger partial charge in [-0.25, -0.2) is 0 Å². The molecule has 1 aromatic rings. The molecule has 0 amide bonds. The maximum atomic E-state index is 2.25. The lowest BCUT2D eigenvalue weighted by Crippen LogP contribution is -1.54. The number of hydrogen-bond acceptors (Lipinski definition) is 1. The van der Waals surface area contributed by atoms with E-state index in [4.69, 9.17) is 0 Å². The molecule has 7 heavy (non-hydrogen) atoms. The van der Waals surface area contributed by atoms with Crippen molar-refractivity contribution in [1.29, 1.82) is 0 Å². The van der Waals surface area contributed by atoms with Crippen molar-refractivity contribution in [2.45, 2.75) is 12.8 Å². The second-order valence-electron chi connectivity index (χ2n) is 2.00. The van der Waals surface area contributed by atoms with Crippen LogP contribution in [0, 0.1) is 0 Å². The van der Waals surface area contributed by atoms with Gasteiger partial charge in [0, 0.05) is 5.92 Å². The molecular formula is C6H6S. The van der Waals surface area contributed by atoms with E-state index < -0.39 is 0 Å². The van der Waals surface area contributed by atoms with Gasteiger partial charge >= 0.3 is 0 Å². The molecule has 1 heterocycles. The Kier molecular flexibility index (Phi) is 0.482. The molecule has 0 bridgehead atoms. The van der Waals surface area contributed by atoms with E-state index in [0.29, 0.717) is 0 Å². The minimum absolute atomic E-state index is 0.821. The molecule has 0 N–H and O–H groups in total. The van der Waals surface area contributed by atoms with E-state index in [1.54, 1.807) is 11.1 Å². The molecule has 0 fully saturated rings. The van der Waals surface area contributed by atoms with Gasteiger partial charge in [-0.2, -0.15) is 11.3 Å². The normalized spacial score (nSPS) is 16.7. The summed E-state index contributed by atoms with van der Waals surface area (Å²) in [4.78, 5) is 0. The van der Waals surface area contributed by atoms with Crippen LogP contribution in [0.1, 0.15) is 24.0 Å². The highest BCUT2D eigenvalue weighted by molar-refractivity contribution is 7.08. The van der Waals surface area contributed by atoms with Crippen molar-refractivity contribution in [2.24, 2.45) is 0 Å². The van der Waals surface area contributed by atoms with Gasteiger partial charge in [0.2, 0.25) is 0 Å². The largest absolute Gasteiger partial charge is 0.152 e. The number of thiophene rings is 1. The second-order valence-corrected chi connectivity index (χ2v) is 2.75. The Morgan fingerprint density at radius 2 is 2.00 bits per heavy atom. The quantitative estimate of drug-likeness (QED) is 0.480. The van der Waals surface area contributed by atoms with E-state index in [9.17, 15) is 0 Å².